The fraction of sp³-hybridized carbons (Fsp3) is 0.462. The van der Waals surface area contributed by atoms with Crippen molar-refractivity contribution in [1.82, 2.24) is 5.32 Å². The normalized spacial score (nSPS) is 10.3. The Morgan fingerprint density at radius 3 is 2.94 bits per heavy atom. The van der Waals surface area contributed by atoms with Gasteiger partial charge in [0.25, 0.3) is 5.91 Å². The monoisotopic (exact) mass is 252 g/mol. The standard InChI is InChI=1S/C13H20N2O3/c1-10-3-4-11(14)9-12(10)13(17)15-5-2-7-18-8-6-16/h3-4,9,16H,2,5-8,14H2,1H3,(H,15,17). The van der Waals surface area contributed by atoms with Crippen LogP contribution < -0.4 is 11.1 Å². The molecule has 1 aromatic carbocycles. The first-order valence-corrected chi connectivity index (χ1v) is 5.98. The van der Waals surface area contributed by atoms with Gasteiger partial charge in [0.15, 0.2) is 0 Å². The number of benzene rings is 1. The molecule has 100 valence electrons. The molecule has 5 nitrogen and oxygen atoms in total. The van der Waals surface area contributed by atoms with Crippen LogP contribution in [0.15, 0.2) is 18.2 Å². The molecule has 1 rings (SSSR count). The van der Waals surface area contributed by atoms with E-state index in [1.807, 2.05) is 13.0 Å². The van der Waals surface area contributed by atoms with Crippen LogP contribution in [0.25, 0.3) is 0 Å². The SMILES string of the molecule is Cc1ccc(N)cc1C(=O)NCCCOCCO. The third-order valence-corrected chi connectivity index (χ3v) is 2.49. The Labute approximate surface area is 107 Å². The van der Waals surface area contributed by atoms with Gasteiger partial charge in [0.1, 0.15) is 0 Å². The van der Waals surface area contributed by atoms with Gasteiger partial charge in [0, 0.05) is 24.4 Å². The van der Waals surface area contributed by atoms with Crippen molar-refractivity contribution in [2.24, 2.45) is 0 Å². The number of hydrogen-bond acceptors (Lipinski definition) is 4. The minimum Gasteiger partial charge on any atom is -0.399 e. The second kappa shape index (κ2) is 7.68. The Morgan fingerprint density at radius 1 is 1.44 bits per heavy atom. The van der Waals surface area contributed by atoms with Crippen LogP contribution in [0.2, 0.25) is 0 Å². The van der Waals surface area contributed by atoms with E-state index in [1.165, 1.54) is 0 Å². The number of anilines is 1. The number of carbonyl (C=O) groups excluding carboxylic acids is 1. The number of aliphatic hydroxyl groups excluding tert-OH is 1. The number of amides is 1. The van der Waals surface area contributed by atoms with E-state index in [-0.39, 0.29) is 12.5 Å². The summed E-state index contributed by atoms with van der Waals surface area (Å²) in [6.45, 7) is 3.30. The van der Waals surface area contributed by atoms with Gasteiger partial charge in [0.05, 0.1) is 13.2 Å². The molecule has 0 aliphatic rings. The van der Waals surface area contributed by atoms with Crippen LogP contribution in [-0.4, -0.2) is 37.4 Å². The molecule has 1 aromatic rings. The molecule has 5 heteroatoms. The summed E-state index contributed by atoms with van der Waals surface area (Å²) in [4.78, 5) is 11.9. The molecule has 0 unspecified atom stereocenters. The maximum absolute atomic E-state index is 11.9. The Kier molecular flexibility index (Phi) is 6.18. The fourth-order valence-corrected chi connectivity index (χ4v) is 1.52. The average Bonchev–Trinajstić information content (AvgIpc) is 2.36. The van der Waals surface area contributed by atoms with Gasteiger partial charge < -0.3 is 20.9 Å². The highest BCUT2D eigenvalue weighted by Crippen LogP contribution is 2.12. The van der Waals surface area contributed by atoms with Crippen LogP contribution in [0.1, 0.15) is 22.3 Å². The number of nitrogen functional groups attached to an aromatic ring is 1. The maximum atomic E-state index is 11.9. The summed E-state index contributed by atoms with van der Waals surface area (Å²) in [5, 5.41) is 11.3. The van der Waals surface area contributed by atoms with Crippen LogP contribution in [-0.2, 0) is 4.74 Å². The van der Waals surface area contributed by atoms with E-state index in [4.69, 9.17) is 15.6 Å². The van der Waals surface area contributed by atoms with Crippen molar-refractivity contribution < 1.29 is 14.6 Å². The van der Waals surface area contributed by atoms with E-state index in [0.29, 0.717) is 37.4 Å². The predicted octanol–water partition coefficient (Wildman–Crippen LogP) is 0.706. The third-order valence-electron chi connectivity index (χ3n) is 2.49. The second-order valence-corrected chi connectivity index (χ2v) is 4.02. The zero-order valence-electron chi connectivity index (χ0n) is 10.6. The van der Waals surface area contributed by atoms with Crippen LogP contribution >= 0.6 is 0 Å². The lowest BCUT2D eigenvalue weighted by Gasteiger charge is -2.08. The number of hydrogen-bond donors (Lipinski definition) is 3. The summed E-state index contributed by atoms with van der Waals surface area (Å²) in [6.07, 6.45) is 0.715. The lowest BCUT2D eigenvalue weighted by Crippen LogP contribution is -2.26. The Hall–Kier alpha value is -1.59. The highest BCUT2D eigenvalue weighted by Gasteiger charge is 2.08. The number of nitrogens with two attached hydrogens (primary N) is 1. The van der Waals surface area contributed by atoms with Gasteiger partial charge >= 0.3 is 0 Å². The van der Waals surface area contributed by atoms with Crippen LogP contribution in [0.3, 0.4) is 0 Å². The molecule has 0 spiro atoms. The largest absolute Gasteiger partial charge is 0.399 e. The molecule has 0 aliphatic heterocycles. The van der Waals surface area contributed by atoms with Gasteiger partial charge in [-0.15, -0.1) is 0 Å². The van der Waals surface area contributed by atoms with Gasteiger partial charge in [-0.3, -0.25) is 4.79 Å². The summed E-state index contributed by atoms with van der Waals surface area (Å²) in [6, 6.07) is 5.27. The zero-order valence-corrected chi connectivity index (χ0v) is 10.6. The van der Waals surface area contributed by atoms with Gasteiger partial charge in [-0.05, 0) is 31.0 Å². The maximum Gasteiger partial charge on any atom is 0.251 e. The third kappa shape index (κ3) is 4.73. The molecule has 0 fully saturated rings. The van der Waals surface area contributed by atoms with Gasteiger partial charge in [-0.25, -0.2) is 0 Å². The Morgan fingerprint density at radius 2 is 2.22 bits per heavy atom. The van der Waals surface area contributed by atoms with E-state index in [1.54, 1.807) is 12.1 Å². The fourth-order valence-electron chi connectivity index (χ4n) is 1.52. The number of rotatable bonds is 7. The smallest absolute Gasteiger partial charge is 0.251 e. The number of aryl methyl sites for hydroxylation is 1. The Balaban J connectivity index is 2.34. The molecule has 0 aromatic heterocycles. The zero-order chi connectivity index (χ0) is 13.4. The lowest BCUT2D eigenvalue weighted by molar-refractivity contribution is 0.0867. The van der Waals surface area contributed by atoms with Crippen molar-refractivity contribution in [3.05, 3.63) is 29.3 Å². The van der Waals surface area contributed by atoms with E-state index in [2.05, 4.69) is 5.32 Å². The molecule has 0 atom stereocenters. The quantitative estimate of drug-likeness (QED) is 0.493. The summed E-state index contributed by atoms with van der Waals surface area (Å²) in [5.41, 5.74) is 7.74. The van der Waals surface area contributed by atoms with E-state index >= 15 is 0 Å². The highest BCUT2D eigenvalue weighted by atomic mass is 16.5. The average molecular weight is 252 g/mol. The van der Waals surface area contributed by atoms with E-state index in [0.717, 1.165) is 5.56 Å². The molecule has 0 aliphatic carbocycles. The van der Waals surface area contributed by atoms with Crippen molar-refractivity contribution in [3.63, 3.8) is 0 Å². The van der Waals surface area contributed by atoms with Crippen molar-refractivity contribution in [1.29, 1.82) is 0 Å². The lowest BCUT2D eigenvalue weighted by atomic mass is 10.1. The van der Waals surface area contributed by atoms with Crippen molar-refractivity contribution in [3.8, 4) is 0 Å². The first-order valence-electron chi connectivity index (χ1n) is 5.98. The molecule has 4 N–H and O–H groups in total. The number of ether oxygens (including phenoxy) is 1. The predicted molar refractivity (Wildman–Crippen MR) is 70.4 cm³/mol. The van der Waals surface area contributed by atoms with Gasteiger partial charge in [-0.1, -0.05) is 6.07 Å². The van der Waals surface area contributed by atoms with Crippen molar-refractivity contribution in [2.45, 2.75) is 13.3 Å². The molecule has 0 bridgehead atoms. The summed E-state index contributed by atoms with van der Waals surface area (Å²) in [5.74, 6) is -0.123. The molecular weight excluding hydrogens is 232 g/mol. The number of carbonyl (C=O) groups is 1. The molecule has 1 amide bonds. The number of nitrogens with one attached hydrogen (secondary N) is 1. The summed E-state index contributed by atoms with van der Waals surface area (Å²) < 4.78 is 5.09. The summed E-state index contributed by atoms with van der Waals surface area (Å²) >= 11 is 0. The first kappa shape index (κ1) is 14.5. The molecule has 18 heavy (non-hydrogen) atoms. The van der Waals surface area contributed by atoms with E-state index in [9.17, 15) is 4.79 Å². The minimum absolute atomic E-state index is 0.0227. The Bertz CT molecular complexity index is 394. The molecule has 0 radical (unpaired) electrons. The molecule has 0 saturated heterocycles. The highest BCUT2D eigenvalue weighted by molar-refractivity contribution is 5.96. The van der Waals surface area contributed by atoms with Crippen LogP contribution in [0.5, 0.6) is 0 Å². The van der Waals surface area contributed by atoms with Crippen LogP contribution in [0, 0.1) is 6.92 Å². The first-order chi connectivity index (χ1) is 8.65. The van der Waals surface area contributed by atoms with Crippen molar-refractivity contribution >= 4 is 11.6 Å². The topological polar surface area (TPSA) is 84.6 Å². The second-order valence-electron chi connectivity index (χ2n) is 4.02. The van der Waals surface area contributed by atoms with Gasteiger partial charge in [-0.2, -0.15) is 0 Å². The minimum atomic E-state index is -0.123. The summed E-state index contributed by atoms with van der Waals surface area (Å²) in [7, 11) is 0. The number of aliphatic hydroxyl groups is 1. The molecule has 0 saturated carbocycles. The molecule has 0 heterocycles. The van der Waals surface area contributed by atoms with Crippen molar-refractivity contribution in [2.75, 3.05) is 32.1 Å². The van der Waals surface area contributed by atoms with Crippen LogP contribution in [0.4, 0.5) is 5.69 Å². The van der Waals surface area contributed by atoms with E-state index < -0.39 is 0 Å². The van der Waals surface area contributed by atoms with Gasteiger partial charge in [0.2, 0.25) is 0 Å². The molecular formula is C13H20N2O3.